The van der Waals surface area contributed by atoms with E-state index < -0.39 is 11.7 Å². The number of rotatable bonds is 6. The molecule has 2 fully saturated rings. The second-order valence-corrected chi connectivity index (χ2v) is 11.1. The maximum atomic E-state index is 13.1. The Kier molecular flexibility index (Phi) is 8.60. The highest BCUT2D eigenvalue weighted by molar-refractivity contribution is 7.99. The molecule has 0 spiro atoms. The lowest BCUT2D eigenvalue weighted by molar-refractivity contribution is -0.137. The van der Waals surface area contributed by atoms with Crippen molar-refractivity contribution in [3.05, 3.63) is 70.9 Å². The number of alkyl halides is 3. The van der Waals surface area contributed by atoms with E-state index in [0.717, 1.165) is 44.1 Å². The number of para-hydroxylation sites is 1. The van der Waals surface area contributed by atoms with Gasteiger partial charge in [0, 0.05) is 69.8 Å². The number of hydrogen-bond donors (Lipinski definition) is 0. The van der Waals surface area contributed by atoms with E-state index in [4.69, 9.17) is 11.6 Å². The van der Waals surface area contributed by atoms with Gasteiger partial charge in [-0.25, -0.2) is 9.97 Å². The maximum absolute atomic E-state index is 13.1. The van der Waals surface area contributed by atoms with Crippen molar-refractivity contribution in [3.8, 4) is 0 Å². The lowest BCUT2D eigenvalue weighted by Gasteiger charge is -2.37. The topological polar surface area (TPSA) is 55.8 Å². The molecule has 40 heavy (non-hydrogen) atoms. The molecule has 12 heteroatoms. The molecular formula is C28H30ClF3N6OS. The minimum atomic E-state index is -4.39. The highest BCUT2D eigenvalue weighted by atomic mass is 35.5. The van der Waals surface area contributed by atoms with E-state index in [2.05, 4.69) is 44.9 Å². The highest BCUT2D eigenvalue weighted by Gasteiger charge is 2.31. The highest BCUT2D eigenvalue weighted by Crippen LogP contribution is 2.32. The number of hydrogen-bond acceptors (Lipinski definition) is 7. The summed E-state index contributed by atoms with van der Waals surface area (Å²) in [7, 11) is 0. The van der Waals surface area contributed by atoms with Gasteiger partial charge in [0.15, 0.2) is 5.16 Å². The molecule has 2 aliphatic rings. The third-order valence-electron chi connectivity index (χ3n) is 7.22. The predicted molar refractivity (Wildman–Crippen MR) is 154 cm³/mol. The number of nitrogens with zero attached hydrogens (tertiary/aromatic N) is 6. The SMILES string of the molecule is Cc1ccccc1N1CCN(c2cc(Cl)nc(SCC(=O)N3CCN(c4cccc(C(F)(F)F)c4)CC3)n2)CC1. The van der Waals surface area contributed by atoms with Gasteiger partial charge in [-0.15, -0.1) is 0 Å². The second-order valence-electron chi connectivity index (χ2n) is 9.80. The molecule has 3 aromatic rings. The van der Waals surface area contributed by atoms with Crippen molar-refractivity contribution in [3.63, 3.8) is 0 Å². The van der Waals surface area contributed by atoms with Gasteiger partial charge in [-0.3, -0.25) is 4.79 Å². The fourth-order valence-electron chi connectivity index (χ4n) is 5.02. The Morgan fingerprint density at radius 3 is 2.25 bits per heavy atom. The fourth-order valence-corrected chi connectivity index (χ4v) is 6.00. The zero-order chi connectivity index (χ0) is 28.3. The number of amides is 1. The molecule has 3 heterocycles. The van der Waals surface area contributed by atoms with E-state index in [1.54, 1.807) is 17.0 Å². The summed E-state index contributed by atoms with van der Waals surface area (Å²) in [6.45, 7) is 7.22. The molecule has 0 saturated carbocycles. The van der Waals surface area contributed by atoms with E-state index in [-0.39, 0.29) is 11.7 Å². The first kappa shape index (κ1) is 28.4. The van der Waals surface area contributed by atoms with E-state index in [1.807, 2.05) is 11.0 Å². The van der Waals surface area contributed by atoms with Crippen molar-refractivity contribution in [1.82, 2.24) is 14.9 Å². The van der Waals surface area contributed by atoms with E-state index >= 15 is 0 Å². The molecule has 212 valence electrons. The smallest absolute Gasteiger partial charge is 0.368 e. The van der Waals surface area contributed by atoms with E-state index in [9.17, 15) is 18.0 Å². The molecule has 0 atom stereocenters. The van der Waals surface area contributed by atoms with Crippen LogP contribution >= 0.6 is 23.4 Å². The van der Waals surface area contributed by atoms with Gasteiger partial charge in [0.25, 0.3) is 0 Å². The second kappa shape index (κ2) is 12.1. The monoisotopic (exact) mass is 590 g/mol. The number of thioether (sulfide) groups is 1. The minimum Gasteiger partial charge on any atom is -0.368 e. The van der Waals surface area contributed by atoms with Crippen LogP contribution in [0.1, 0.15) is 11.1 Å². The number of aromatic nitrogens is 2. The lowest BCUT2D eigenvalue weighted by Crippen LogP contribution is -2.49. The molecule has 7 nitrogen and oxygen atoms in total. The van der Waals surface area contributed by atoms with Crippen LogP contribution in [0.15, 0.2) is 59.8 Å². The van der Waals surface area contributed by atoms with Gasteiger partial charge in [0.05, 0.1) is 11.3 Å². The quantitative estimate of drug-likeness (QED) is 0.222. The fraction of sp³-hybridized carbons (Fsp3) is 0.393. The molecule has 0 N–H and O–H groups in total. The van der Waals surface area contributed by atoms with Gasteiger partial charge in [0.1, 0.15) is 11.0 Å². The predicted octanol–water partition coefficient (Wildman–Crippen LogP) is 5.22. The lowest BCUT2D eigenvalue weighted by atomic mass is 10.1. The van der Waals surface area contributed by atoms with Gasteiger partial charge in [-0.05, 0) is 36.8 Å². The van der Waals surface area contributed by atoms with Gasteiger partial charge in [0.2, 0.25) is 5.91 Å². The Hall–Kier alpha value is -3.18. The zero-order valence-corrected chi connectivity index (χ0v) is 23.6. The van der Waals surface area contributed by atoms with Gasteiger partial charge < -0.3 is 19.6 Å². The first-order valence-corrected chi connectivity index (χ1v) is 14.5. The van der Waals surface area contributed by atoms with Crippen LogP contribution in [-0.2, 0) is 11.0 Å². The Morgan fingerprint density at radius 1 is 0.875 bits per heavy atom. The molecule has 1 amide bonds. The average Bonchev–Trinajstić information content (AvgIpc) is 2.96. The Bertz CT molecular complexity index is 1340. The number of carbonyl (C=O) groups excluding carboxylic acids is 1. The Labute approximate surface area is 240 Å². The number of aryl methyl sites for hydroxylation is 1. The molecule has 2 aromatic carbocycles. The summed E-state index contributed by atoms with van der Waals surface area (Å²) in [5.41, 5.74) is 2.33. The standard InChI is InChI=1S/C28H30ClF3N6OS/c1-20-5-2-3-8-23(20)36-11-13-37(14-12-36)25-18-24(29)33-27(34-25)40-19-26(39)38-15-9-35(10-16-38)22-7-4-6-21(17-22)28(30,31)32/h2-8,17-18H,9-16,19H2,1H3. The van der Waals surface area contributed by atoms with Crippen LogP contribution in [0.4, 0.5) is 30.4 Å². The molecule has 0 aliphatic carbocycles. The van der Waals surface area contributed by atoms with Crippen LogP contribution in [-0.4, -0.2) is 78.9 Å². The number of halogens is 4. The molecule has 5 rings (SSSR count). The van der Waals surface area contributed by atoms with Crippen LogP contribution in [0.5, 0.6) is 0 Å². The number of carbonyl (C=O) groups is 1. The van der Waals surface area contributed by atoms with Crippen LogP contribution < -0.4 is 14.7 Å². The van der Waals surface area contributed by atoms with Gasteiger partial charge in [-0.1, -0.05) is 47.6 Å². The molecule has 2 aliphatic heterocycles. The van der Waals surface area contributed by atoms with Gasteiger partial charge >= 0.3 is 6.18 Å². The van der Waals surface area contributed by atoms with Crippen molar-refractivity contribution < 1.29 is 18.0 Å². The van der Waals surface area contributed by atoms with Gasteiger partial charge in [-0.2, -0.15) is 13.2 Å². The van der Waals surface area contributed by atoms with E-state index in [0.29, 0.717) is 42.2 Å². The summed E-state index contributed by atoms with van der Waals surface area (Å²) >= 11 is 7.56. The Morgan fingerprint density at radius 2 is 1.55 bits per heavy atom. The molecular weight excluding hydrogens is 561 g/mol. The summed E-state index contributed by atoms with van der Waals surface area (Å²) in [6, 6.07) is 15.4. The van der Waals surface area contributed by atoms with Crippen LogP contribution in [0, 0.1) is 6.92 Å². The molecule has 0 bridgehead atoms. The largest absolute Gasteiger partial charge is 0.416 e. The molecule has 2 saturated heterocycles. The van der Waals surface area contributed by atoms with Crippen molar-refractivity contribution in [2.45, 2.75) is 18.3 Å². The average molecular weight is 591 g/mol. The third-order valence-corrected chi connectivity index (χ3v) is 8.24. The summed E-state index contributed by atoms with van der Waals surface area (Å²) in [4.78, 5) is 30.0. The normalized spacial score (nSPS) is 16.4. The minimum absolute atomic E-state index is 0.0642. The van der Waals surface area contributed by atoms with Crippen molar-refractivity contribution in [1.29, 1.82) is 0 Å². The number of piperazine rings is 2. The molecule has 0 radical (unpaired) electrons. The summed E-state index contributed by atoms with van der Waals surface area (Å²) in [5.74, 6) is 0.837. The zero-order valence-electron chi connectivity index (χ0n) is 22.1. The first-order valence-electron chi connectivity index (χ1n) is 13.1. The Balaban J connectivity index is 1.13. The third kappa shape index (κ3) is 6.75. The summed E-state index contributed by atoms with van der Waals surface area (Å²) < 4.78 is 39.2. The van der Waals surface area contributed by atoms with Crippen LogP contribution in [0.3, 0.4) is 0 Å². The van der Waals surface area contributed by atoms with Crippen molar-refractivity contribution >= 4 is 46.5 Å². The van der Waals surface area contributed by atoms with Crippen molar-refractivity contribution in [2.24, 2.45) is 0 Å². The first-order chi connectivity index (χ1) is 19.2. The van der Waals surface area contributed by atoms with Crippen LogP contribution in [0.25, 0.3) is 0 Å². The molecule has 1 aromatic heterocycles. The van der Waals surface area contributed by atoms with Crippen LogP contribution in [0.2, 0.25) is 5.15 Å². The number of benzene rings is 2. The summed E-state index contributed by atoms with van der Waals surface area (Å²) in [5, 5.41) is 0.774. The molecule has 0 unspecified atom stereocenters. The maximum Gasteiger partial charge on any atom is 0.416 e. The summed E-state index contributed by atoms with van der Waals surface area (Å²) in [6.07, 6.45) is -4.39. The van der Waals surface area contributed by atoms with Crippen molar-refractivity contribution in [2.75, 3.05) is 72.8 Å². The van der Waals surface area contributed by atoms with E-state index in [1.165, 1.54) is 29.1 Å². The number of anilines is 3.